The summed E-state index contributed by atoms with van der Waals surface area (Å²) in [6.45, 7) is 6.09. The van der Waals surface area contributed by atoms with E-state index in [0.717, 1.165) is 24.7 Å². The molecule has 1 aliphatic heterocycles. The van der Waals surface area contributed by atoms with E-state index in [1.54, 1.807) is 0 Å². The fourth-order valence-electron chi connectivity index (χ4n) is 1.92. The molecule has 0 atom stereocenters. The molecule has 82 valence electrons. The third kappa shape index (κ3) is 2.53. The lowest BCUT2D eigenvalue weighted by atomic mass is 9.94. The lowest BCUT2D eigenvalue weighted by molar-refractivity contribution is 0.00845. The molecular weight excluding hydrogens is 208 g/mol. The Labute approximate surface area is 96.4 Å². The van der Waals surface area contributed by atoms with Gasteiger partial charge < -0.3 is 4.74 Å². The molecule has 1 aliphatic rings. The average Bonchev–Trinajstić information content (AvgIpc) is 2.05. The van der Waals surface area contributed by atoms with Crippen molar-refractivity contribution < 1.29 is 4.74 Å². The van der Waals surface area contributed by atoms with Crippen LogP contribution in [0.4, 0.5) is 0 Å². The van der Waals surface area contributed by atoms with Gasteiger partial charge in [0, 0.05) is 10.9 Å². The molecule has 0 saturated carbocycles. The summed E-state index contributed by atoms with van der Waals surface area (Å²) in [7, 11) is 0. The van der Waals surface area contributed by atoms with Gasteiger partial charge in [-0.05, 0) is 29.5 Å². The van der Waals surface area contributed by atoms with Crippen molar-refractivity contribution in [3.05, 3.63) is 34.3 Å². The van der Waals surface area contributed by atoms with Crippen molar-refractivity contribution in [2.75, 3.05) is 13.2 Å². The summed E-state index contributed by atoms with van der Waals surface area (Å²) >= 11 is 6.26. The minimum Gasteiger partial charge on any atom is -0.380 e. The monoisotopic (exact) mass is 224 g/mol. The molecule has 0 unspecified atom stereocenters. The minimum absolute atomic E-state index is 0.519. The molecule has 0 bridgehead atoms. The van der Waals surface area contributed by atoms with Gasteiger partial charge in [0.05, 0.1) is 13.2 Å². The van der Waals surface area contributed by atoms with Gasteiger partial charge in [0.15, 0.2) is 0 Å². The summed E-state index contributed by atoms with van der Waals surface area (Å²) in [6, 6.07) is 6.46. The zero-order valence-corrected chi connectivity index (χ0v) is 10.1. The molecule has 1 heterocycles. The van der Waals surface area contributed by atoms with Crippen molar-refractivity contribution >= 4 is 11.6 Å². The molecule has 1 aromatic carbocycles. The lowest BCUT2D eigenvalue weighted by Gasteiger charge is -2.27. The maximum absolute atomic E-state index is 6.26. The zero-order chi connectivity index (χ0) is 10.8. The maximum Gasteiger partial charge on any atom is 0.0557 e. The molecular formula is C13H17ClO. The second-order valence-electron chi connectivity index (χ2n) is 4.69. The standard InChI is InChI=1S/C13H17ClO/c1-9(2)5-10-3-4-12(13(14)6-10)11-7-15-8-11/h3-4,6,9,11H,5,7-8H2,1-2H3. The fourth-order valence-corrected chi connectivity index (χ4v) is 2.27. The van der Waals surface area contributed by atoms with Gasteiger partial charge >= 0.3 is 0 Å². The molecule has 0 spiro atoms. The molecule has 0 aromatic heterocycles. The average molecular weight is 225 g/mol. The van der Waals surface area contributed by atoms with Crippen molar-refractivity contribution in [1.82, 2.24) is 0 Å². The van der Waals surface area contributed by atoms with Gasteiger partial charge in [-0.15, -0.1) is 0 Å². The smallest absolute Gasteiger partial charge is 0.0557 e. The third-order valence-corrected chi connectivity index (χ3v) is 3.11. The summed E-state index contributed by atoms with van der Waals surface area (Å²) in [6.07, 6.45) is 1.10. The Bertz CT molecular complexity index is 342. The van der Waals surface area contributed by atoms with E-state index in [0.29, 0.717) is 11.8 Å². The summed E-state index contributed by atoms with van der Waals surface area (Å²) in [5, 5.41) is 0.904. The van der Waals surface area contributed by atoms with E-state index in [9.17, 15) is 0 Å². The third-order valence-electron chi connectivity index (χ3n) is 2.79. The van der Waals surface area contributed by atoms with Gasteiger partial charge in [-0.25, -0.2) is 0 Å². The van der Waals surface area contributed by atoms with E-state index in [1.165, 1.54) is 11.1 Å². The van der Waals surface area contributed by atoms with E-state index in [4.69, 9.17) is 16.3 Å². The Morgan fingerprint density at radius 3 is 2.60 bits per heavy atom. The first-order valence-corrected chi connectivity index (χ1v) is 5.90. The summed E-state index contributed by atoms with van der Waals surface area (Å²) < 4.78 is 5.18. The molecule has 1 nitrogen and oxygen atoms in total. The molecule has 0 N–H and O–H groups in total. The van der Waals surface area contributed by atoms with Crippen molar-refractivity contribution in [2.24, 2.45) is 5.92 Å². The van der Waals surface area contributed by atoms with E-state index in [1.807, 2.05) is 0 Å². The van der Waals surface area contributed by atoms with Crippen LogP contribution in [0.3, 0.4) is 0 Å². The van der Waals surface area contributed by atoms with Crippen LogP contribution < -0.4 is 0 Å². The SMILES string of the molecule is CC(C)Cc1ccc(C2COC2)c(Cl)c1. The highest BCUT2D eigenvalue weighted by Gasteiger charge is 2.22. The number of hydrogen-bond donors (Lipinski definition) is 0. The highest BCUT2D eigenvalue weighted by molar-refractivity contribution is 6.31. The molecule has 2 heteroatoms. The molecule has 1 aromatic rings. The first-order chi connectivity index (χ1) is 7.16. The van der Waals surface area contributed by atoms with Crippen LogP contribution in [0.25, 0.3) is 0 Å². The van der Waals surface area contributed by atoms with Gasteiger partial charge in [0.1, 0.15) is 0 Å². The highest BCUT2D eigenvalue weighted by atomic mass is 35.5. The predicted octanol–water partition coefficient (Wildman–Crippen LogP) is 3.65. The largest absolute Gasteiger partial charge is 0.380 e. The maximum atomic E-state index is 6.26. The first kappa shape index (κ1) is 11.0. The number of ether oxygens (including phenoxy) is 1. The highest BCUT2D eigenvalue weighted by Crippen LogP contribution is 2.31. The quantitative estimate of drug-likeness (QED) is 0.762. The minimum atomic E-state index is 0.519. The van der Waals surface area contributed by atoms with E-state index < -0.39 is 0 Å². The van der Waals surface area contributed by atoms with Gasteiger partial charge in [-0.2, -0.15) is 0 Å². The molecule has 2 rings (SSSR count). The summed E-state index contributed by atoms with van der Waals surface area (Å²) in [4.78, 5) is 0. The molecule has 0 radical (unpaired) electrons. The Kier molecular flexibility index (Phi) is 3.32. The van der Waals surface area contributed by atoms with Gasteiger partial charge in [-0.3, -0.25) is 0 Å². The Hall–Kier alpha value is -0.530. The van der Waals surface area contributed by atoms with Crippen LogP contribution in [0, 0.1) is 5.92 Å². The van der Waals surface area contributed by atoms with Crippen LogP contribution in [0.15, 0.2) is 18.2 Å². The fraction of sp³-hybridized carbons (Fsp3) is 0.538. The predicted molar refractivity (Wildman–Crippen MR) is 63.6 cm³/mol. The number of halogens is 1. The second-order valence-corrected chi connectivity index (χ2v) is 5.10. The zero-order valence-electron chi connectivity index (χ0n) is 9.29. The molecule has 1 saturated heterocycles. The lowest BCUT2D eigenvalue weighted by Crippen LogP contribution is -2.25. The number of benzene rings is 1. The first-order valence-electron chi connectivity index (χ1n) is 5.53. The van der Waals surface area contributed by atoms with Gasteiger partial charge in [0.25, 0.3) is 0 Å². The Morgan fingerprint density at radius 2 is 2.13 bits per heavy atom. The summed E-state index contributed by atoms with van der Waals surface area (Å²) in [5.74, 6) is 1.20. The van der Waals surface area contributed by atoms with E-state index in [-0.39, 0.29) is 0 Å². The van der Waals surface area contributed by atoms with Crippen LogP contribution in [-0.4, -0.2) is 13.2 Å². The number of rotatable bonds is 3. The normalized spacial score (nSPS) is 16.8. The van der Waals surface area contributed by atoms with Crippen molar-refractivity contribution in [3.63, 3.8) is 0 Å². The van der Waals surface area contributed by atoms with Crippen molar-refractivity contribution in [3.8, 4) is 0 Å². The van der Waals surface area contributed by atoms with Crippen LogP contribution in [0.1, 0.15) is 30.9 Å². The van der Waals surface area contributed by atoms with Gasteiger partial charge in [0.2, 0.25) is 0 Å². The van der Waals surface area contributed by atoms with Crippen molar-refractivity contribution in [1.29, 1.82) is 0 Å². The Morgan fingerprint density at radius 1 is 1.40 bits per heavy atom. The topological polar surface area (TPSA) is 9.23 Å². The molecule has 1 fully saturated rings. The van der Waals surface area contributed by atoms with Crippen LogP contribution in [0.2, 0.25) is 5.02 Å². The summed E-state index contributed by atoms with van der Waals surface area (Å²) in [5.41, 5.74) is 2.58. The van der Waals surface area contributed by atoms with Crippen LogP contribution in [-0.2, 0) is 11.2 Å². The molecule has 15 heavy (non-hydrogen) atoms. The molecule has 0 aliphatic carbocycles. The van der Waals surface area contributed by atoms with Crippen LogP contribution in [0.5, 0.6) is 0 Å². The second kappa shape index (κ2) is 4.54. The van der Waals surface area contributed by atoms with E-state index in [2.05, 4.69) is 32.0 Å². The van der Waals surface area contributed by atoms with Gasteiger partial charge in [-0.1, -0.05) is 37.6 Å². The van der Waals surface area contributed by atoms with Crippen LogP contribution >= 0.6 is 11.6 Å². The Balaban J connectivity index is 2.14. The van der Waals surface area contributed by atoms with Crippen molar-refractivity contribution in [2.45, 2.75) is 26.2 Å². The van der Waals surface area contributed by atoms with E-state index >= 15 is 0 Å². The number of hydrogen-bond acceptors (Lipinski definition) is 1. The molecule has 0 amide bonds.